The van der Waals surface area contributed by atoms with Gasteiger partial charge in [-0.2, -0.15) is 0 Å². The van der Waals surface area contributed by atoms with E-state index >= 15 is 16.8 Å². The molecule has 1 heterocycles. The molecule has 112 valence electrons. The summed E-state index contributed by atoms with van der Waals surface area (Å²) < 4.78 is 60.5. The van der Waals surface area contributed by atoms with Gasteiger partial charge in [0, 0.05) is 0 Å². The van der Waals surface area contributed by atoms with E-state index < -0.39 is 25.4 Å². The van der Waals surface area contributed by atoms with E-state index in [1.165, 1.54) is 41.5 Å². The summed E-state index contributed by atoms with van der Waals surface area (Å²) in [5.74, 6) is 0. The van der Waals surface area contributed by atoms with Gasteiger partial charge in [-0.1, -0.05) is 0 Å². The van der Waals surface area contributed by atoms with E-state index in [9.17, 15) is 0 Å². The fourth-order valence-corrected chi connectivity index (χ4v) is 15.1. The summed E-state index contributed by atoms with van der Waals surface area (Å²) in [6.45, 7) is 7.98. The average molecular weight is 310 g/mol. The summed E-state index contributed by atoms with van der Waals surface area (Å²) in [5, 5.41) is -2.97. The van der Waals surface area contributed by atoms with Gasteiger partial charge in [-0.15, -0.1) is 0 Å². The topological polar surface area (TPSA) is 6.48 Å². The fourth-order valence-electron chi connectivity index (χ4n) is 2.60. The van der Waals surface area contributed by atoms with Crippen molar-refractivity contribution in [3.05, 3.63) is 0 Å². The van der Waals surface area contributed by atoms with Gasteiger partial charge in [-0.25, -0.2) is 0 Å². The van der Waals surface area contributed by atoms with Gasteiger partial charge in [-0.05, 0) is 0 Å². The molecule has 1 aliphatic rings. The van der Waals surface area contributed by atoms with Gasteiger partial charge in [0.2, 0.25) is 0 Å². The molecule has 0 amide bonds. The van der Waals surface area contributed by atoms with Gasteiger partial charge in [0.05, 0.1) is 0 Å². The van der Waals surface area contributed by atoms with Crippen molar-refractivity contribution >= 4 is 15.1 Å². The van der Waals surface area contributed by atoms with Crippen molar-refractivity contribution in [2.45, 2.75) is 51.9 Å². The van der Waals surface area contributed by atoms with Crippen LogP contribution >= 0.6 is 15.1 Å². The molecule has 0 aromatic heterocycles. The van der Waals surface area contributed by atoms with Gasteiger partial charge in [0.15, 0.2) is 0 Å². The number of hydrogen-bond donors (Lipinski definition) is 0. The molecule has 0 spiro atoms. The van der Waals surface area contributed by atoms with Crippen LogP contribution in [0.2, 0.25) is 0 Å². The van der Waals surface area contributed by atoms with E-state index in [0.29, 0.717) is 0 Å². The van der Waals surface area contributed by atoms with E-state index in [2.05, 4.69) is 0 Å². The molecule has 8 heteroatoms. The first-order valence-corrected chi connectivity index (χ1v) is 9.66. The van der Waals surface area contributed by atoms with Crippen LogP contribution in [0.5, 0.6) is 0 Å². The molecular weight excluding hydrogens is 286 g/mol. The molecule has 1 aliphatic heterocycles. The zero-order valence-corrected chi connectivity index (χ0v) is 14.1. The van der Waals surface area contributed by atoms with Crippen LogP contribution in [0, 0.1) is 0 Å². The second-order valence-corrected chi connectivity index (χ2v) is 16.0. The SMILES string of the molecule is CN1P(F)(F)(C(C)(C)C)N(C)P1(F)(F)C(C)(C)C. The third-order valence-electron chi connectivity index (χ3n) is 4.19. The molecule has 1 rings (SSSR count). The maximum atomic E-state index is 15.0. The zero-order chi connectivity index (χ0) is 15.0. The first-order valence-electron chi connectivity index (χ1n) is 5.82. The Morgan fingerprint density at radius 3 is 0.889 bits per heavy atom. The fraction of sp³-hybridized carbons (Fsp3) is 1.00. The molecule has 0 atom stereocenters. The van der Waals surface area contributed by atoms with Crippen LogP contribution in [-0.2, 0) is 0 Å². The molecule has 0 aromatic carbocycles. The van der Waals surface area contributed by atoms with Crippen LogP contribution in [0.25, 0.3) is 0 Å². The second kappa shape index (κ2) is 3.21. The van der Waals surface area contributed by atoms with Gasteiger partial charge in [-0.3, -0.25) is 0 Å². The van der Waals surface area contributed by atoms with E-state index in [1.807, 2.05) is 0 Å². The zero-order valence-electron chi connectivity index (χ0n) is 12.3. The molecule has 18 heavy (non-hydrogen) atoms. The number of hydrogen-bond acceptors (Lipinski definition) is 2. The Hall–Kier alpha value is 0.500. The Bertz CT molecular complexity index is 344. The third-order valence-corrected chi connectivity index (χ3v) is 16.2. The number of nitrogens with zero attached hydrogens (tertiary/aromatic N) is 2. The Balaban J connectivity index is 3.54. The second-order valence-electron chi connectivity index (χ2n) is 6.97. The summed E-state index contributed by atoms with van der Waals surface area (Å²) in [6, 6.07) is 0. The molecule has 0 aromatic rings. The van der Waals surface area contributed by atoms with Gasteiger partial charge >= 0.3 is 107 Å². The van der Waals surface area contributed by atoms with E-state index in [-0.39, 0.29) is 8.88 Å². The minimum absolute atomic E-state index is 0.178. The van der Waals surface area contributed by atoms with Crippen LogP contribution in [0.4, 0.5) is 16.8 Å². The predicted octanol–water partition coefficient (Wildman–Crippen LogP) is 5.77. The standard InChI is InChI=1S/C10H24F4N2P2/c1-9(2,3)17(11,12)15(7)18(13,14,16(17)8)10(4,5)6/h1-8H3. The average Bonchev–Trinajstić information content (AvgIpc) is 2.12. The van der Waals surface area contributed by atoms with E-state index in [0.717, 1.165) is 14.1 Å². The van der Waals surface area contributed by atoms with Crippen molar-refractivity contribution in [2.24, 2.45) is 0 Å². The van der Waals surface area contributed by atoms with Crippen LogP contribution in [0.3, 0.4) is 0 Å². The van der Waals surface area contributed by atoms with Gasteiger partial charge < -0.3 is 0 Å². The molecular formula is C10H24F4N2P2. The first kappa shape index (κ1) is 16.6. The molecule has 0 N–H and O–H groups in total. The van der Waals surface area contributed by atoms with Crippen LogP contribution in [0.1, 0.15) is 41.5 Å². The van der Waals surface area contributed by atoms with Crippen molar-refractivity contribution in [2.75, 3.05) is 14.1 Å². The minimum atomic E-state index is -5.74. The summed E-state index contributed by atoms with van der Waals surface area (Å²) in [5.41, 5.74) is 0. The van der Waals surface area contributed by atoms with Crippen LogP contribution in [0.15, 0.2) is 0 Å². The van der Waals surface area contributed by atoms with Crippen LogP contribution in [-0.4, -0.2) is 33.3 Å². The Morgan fingerprint density at radius 1 is 0.611 bits per heavy atom. The number of halogens is 4. The number of rotatable bonds is 0. The van der Waals surface area contributed by atoms with Crippen molar-refractivity contribution in [3.8, 4) is 0 Å². The summed E-state index contributed by atoms with van der Waals surface area (Å²) >= 11 is 0. The van der Waals surface area contributed by atoms with Gasteiger partial charge in [0.1, 0.15) is 0 Å². The molecule has 0 unspecified atom stereocenters. The Morgan fingerprint density at radius 2 is 0.778 bits per heavy atom. The van der Waals surface area contributed by atoms with Gasteiger partial charge in [0.25, 0.3) is 0 Å². The van der Waals surface area contributed by atoms with Crippen molar-refractivity contribution in [3.63, 3.8) is 0 Å². The van der Waals surface area contributed by atoms with E-state index in [1.54, 1.807) is 0 Å². The van der Waals surface area contributed by atoms with Crippen LogP contribution < -0.4 is 0 Å². The van der Waals surface area contributed by atoms with E-state index in [4.69, 9.17) is 0 Å². The first-order chi connectivity index (χ1) is 7.42. The monoisotopic (exact) mass is 310 g/mol. The maximum absolute atomic E-state index is 15.0. The molecule has 1 saturated heterocycles. The third kappa shape index (κ3) is 1.24. The molecule has 2 nitrogen and oxygen atoms in total. The molecule has 0 bridgehead atoms. The van der Waals surface area contributed by atoms with Crippen molar-refractivity contribution in [1.82, 2.24) is 8.88 Å². The molecule has 1 fully saturated rings. The summed E-state index contributed by atoms with van der Waals surface area (Å²) in [6.07, 6.45) is 0. The predicted molar refractivity (Wildman–Crippen MR) is 73.3 cm³/mol. The molecule has 0 radical (unpaired) electrons. The summed E-state index contributed by atoms with van der Waals surface area (Å²) in [4.78, 5) is 0. The quantitative estimate of drug-likeness (QED) is 0.414. The Kier molecular flexibility index (Phi) is 2.96. The molecule has 0 aliphatic carbocycles. The Labute approximate surface area is 107 Å². The summed E-state index contributed by atoms with van der Waals surface area (Å²) in [7, 11) is -9.68. The van der Waals surface area contributed by atoms with Crippen molar-refractivity contribution in [1.29, 1.82) is 0 Å². The van der Waals surface area contributed by atoms with Crippen molar-refractivity contribution < 1.29 is 16.8 Å². The molecule has 0 saturated carbocycles. The normalized spacial score (nSPS) is 35.6.